The predicted molar refractivity (Wildman–Crippen MR) is 289 cm³/mol. The third-order valence-electron chi connectivity index (χ3n) is 17.1. The van der Waals surface area contributed by atoms with Crippen LogP contribution in [0.25, 0.3) is 0 Å². The van der Waals surface area contributed by atoms with E-state index in [-0.39, 0.29) is 56.3 Å². The summed E-state index contributed by atoms with van der Waals surface area (Å²) >= 11 is 0. The molecule has 15 nitrogen and oxygen atoms in total. The fourth-order valence-corrected chi connectivity index (χ4v) is 16.0. The maximum Gasteiger partial charge on any atom is 0.264 e. The summed E-state index contributed by atoms with van der Waals surface area (Å²) in [5.74, 6) is -1.05. The summed E-state index contributed by atoms with van der Waals surface area (Å²) in [7, 11) is -3.21. The van der Waals surface area contributed by atoms with E-state index in [0.717, 1.165) is 41.3 Å². The van der Waals surface area contributed by atoms with E-state index in [0.29, 0.717) is 69.0 Å². The van der Waals surface area contributed by atoms with Crippen LogP contribution in [0.2, 0.25) is 18.6 Å². The fraction of sp³-hybridized carbons (Fsp3) is 0.414. The van der Waals surface area contributed by atoms with Gasteiger partial charge in [0.25, 0.3) is 17.7 Å². The van der Waals surface area contributed by atoms with Gasteiger partial charge in [-0.3, -0.25) is 29.0 Å². The van der Waals surface area contributed by atoms with Gasteiger partial charge in [-0.15, -0.1) is 0 Å². The van der Waals surface area contributed by atoms with E-state index in [4.69, 9.17) is 4.74 Å². The molecule has 0 bridgehead atoms. The van der Waals surface area contributed by atoms with Crippen LogP contribution in [0.4, 0.5) is 28.4 Å². The Kier molecular flexibility index (Phi) is 13.3. The number of hydrogen-bond donors (Lipinski definition) is 4. The van der Waals surface area contributed by atoms with Crippen molar-refractivity contribution in [1.29, 1.82) is 0 Å². The Labute approximate surface area is 434 Å². The minimum absolute atomic E-state index is 0.000554. The number of rotatable bonds is 13. The van der Waals surface area contributed by atoms with Gasteiger partial charge in [0, 0.05) is 52.9 Å². The number of anilines is 5. The van der Waals surface area contributed by atoms with Gasteiger partial charge in [-0.1, -0.05) is 85.8 Å². The number of ether oxygens (including phenoxy) is 1. The molecular weight excluding hydrogens is 949 g/mol. The average Bonchev–Trinajstić information content (AvgIpc) is 4.05. The molecule has 0 unspecified atom stereocenters. The molecule has 74 heavy (non-hydrogen) atoms. The second-order valence-electron chi connectivity index (χ2n) is 21.7. The van der Waals surface area contributed by atoms with Crippen LogP contribution < -0.4 is 35.1 Å². The first-order valence-corrected chi connectivity index (χ1v) is 29.4. The molecule has 4 amide bonds. The van der Waals surface area contributed by atoms with Gasteiger partial charge in [-0.25, -0.2) is 0 Å². The summed E-state index contributed by atoms with van der Waals surface area (Å²) in [5, 5.41) is 17.0. The maximum absolute atomic E-state index is 15.9. The van der Waals surface area contributed by atoms with Crippen LogP contribution in [-0.4, -0.2) is 117 Å². The Bertz CT molecular complexity index is 2880. The third kappa shape index (κ3) is 8.39. The second kappa shape index (κ2) is 19.7. The number of fused-ring (bicyclic) bond motifs is 2. The number of aliphatic hydroxyl groups excluding tert-OH is 1. The van der Waals surface area contributed by atoms with Crippen LogP contribution in [-0.2, 0) is 42.6 Å². The number of nitrogens with zero attached hydrogens (tertiary/aromatic N) is 6. The van der Waals surface area contributed by atoms with Gasteiger partial charge in [0.1, 0.15) is 11.1 Å². The lowest BCUT2D eigenvalue weighted by Crippen LogP contribution is -2.55. The molecule has 4 atom stereocenters. The highest BCUT2D eigenvalue weighted by Crippen LogP contribution is 2.60. The molecule has 0 saturated carbocycles. The van der Waals surface area contributed by atoms with E-state index in [2.05, 4.69) is 32.6 Å². The van der Waals surface area contributed by atoms with Crippen molar-refractivity contribution in [2.45, 2.75) is 93.5 Å². The predicted octanol–water partition coefficient (Wildman–Crippen LogP) is 6.31. The number of para-hydroxylation sites is 2. The van der Waals surface area contributed by atoms with E-state index in [9.17, 15) is 19.5 Å². The topological polar surface area (TPSA) is 161 Å². The summed E-state index contributed by atoms with van der Waals surface area (Å²) in [5.41, 5.74) is 2.80. The monoisotopic (exact) mass is 1020 g/mol. The van der Waals surface area contributed by atoms with Crippen molar-refractivity contribution < 1.29 is 33.8 Å². The quantitative estimate of drug-likeness (QED) is 0.0980. The molecule has 6 aliphatic rings. The van der Waals surface area contributed by atoms with Gasteiger partial charge in [0.05, 0.1) is 44.7 Å². The van der Waals surface area contributed by atoms with Crippen molar-refractivity contribution in [1.82, 2.24) is 15.5 Å². The highest BCUT2D eigenvalue weighted by Gasteiger charge is 2.67. The van der Waals surface area contributed by atoms with Gasteiger partial charge in [-0.05, 0) is 131 Å². The maximum atomic E-state index is 15.9. The van der Waals surface area contributed by atoms with Crippen molar-refractivity contribution in [2.75, 3.05) is 77.2 Å². The van der Waals surface area contributed by atoms with Gasteiger partial charge in [0.2, 0.25) is 5.91 Å². The molecule has 11 rings (SSSR count). The number of aliphatic hydroxyl groups is 1. The van der Waals surface area contributed by atoms with Crippen LogP contribution in [0.3, 0.4) is 0 Å². The van der Waals surface area contributed by atoms with Crippen molar-refractivity contribution in [2.24, 2.45) is 5.92 Å². The van der Waals surface area contributed by atoms with E-state index in [1.165, 1.54) is 0 Å². The number of piperidine rings is 2. The van der Waals surface area contributed by atoms with Crippen molar-refractivity contribution in [3.8, 4) is 0 Å². The summed E-state index contributed by atoms with van der Waals surface area (Å²) in [4.78, 5) is 83.8. The first-order valence-electron chi connectivity index (χ1n) is 26.4. The molecule has 5 aromatic carbocycles. The second-order valence-corrected chi connectivity index (χ2v) is 25.7. The van der Waals surface area contributed by atoms with Gasteiger partial charge >= 0.3 is 0 Å². The molecule has 5 fully saturated rings. The molecule has 4 N–H and O–H groups in total. The largest absolute Gasteiger partial charge is 0.432 e. The number of nitrogens with one attached hydrogen (secondary N) is 2. The van der Waals surface area contributed by atoms with Crippen molar-refractivity contribution in [3.63, 3.8) is 0 Å². The van der Waals surface area contributed by atoms with E-state index in [1.807, 2.05) is 151 Å². The van der Waals surface area contributed by atoms with E-state index < -0.39 is 42.6 Å². The zero-order valence-corrected chi connectivity index (χ0v) is 43.7. The van der Waals surface area contributed by atoms with Crippen LogP contribution in [0.1, 0.15) is 55.7 Å². The molecule has 5 saturated heterocycles. The Morgan fingerprint density at radius 1 is 0.676 bits per heavy atom. The van der Waals surface area contributed by atoms with Crippen LogP contribution in [0.15, 0.2) is 133 Å². The third-order valence-corrected chi connectivity index (χ3v) is 19.6. The van der Waals surface area contributed by atoms with Crippen molar-refractivity contribution >= 4 is 60.4 Å². The molecule has 3 spiro atoms. The van der Waals surface area contributed by atoms with Crippen molar-refractivity contribution in [3.05, 3.63) is 150 Å². The molecule has 16 heteroatoms. The molecular formula is C58H68N8O7Si. The zero-order chi connectivity index (χ0) is 51.4. The number of carbonyl (C=O) groups is 4. The Hall–Kier alpha value is -6.40. The fourth-order valence-electron chi connectivity index (χ4n) is 13.4. The molecule has 6 aliphatic heterocycles. The lowest BCUT2D eigenvalue weighted by atomic mass is 9.82. The Morgan fingerprint density at radius 2 is 1.19 bits per heavy atom. The molecule has 0 aliphatic carbocycles. The number of benzene rings is 5. The summed E-state index contributed by atoms with van der Waals surface area (Å²) in [6, 6.07) is 43.5. The SMILES string of the molecule is C[C@H]1[C@H]([Si](C)(C)O)[C@@H](CC(=O)N(CCO)Cc2ccccc2)O[C@]12C(=O)N(Cc1ccc(N3CN(c4ccccc4)C4(CCNCC4)C3=O)cc1)c1ccc(N3CN(c4ccccc4)C4(CCNCC4)C3=O)cc12. The van der Waals surface area contributed by atoms with E-state index in [1.54, 1.807) is 9.80 Å². The smallest absolute Gasteiger partial charge is 0.264 e. The average molecular weight is 1020 g/mol. The minimum atomic E-state index is -3.21. The first kappa shape index (κ1) is 49.8. The Morgan fingerprint density at radius 3 is 1.72 bits per heavy atom. The molecule has 6 heterocycles. The minimum Gasteiger partial charge on any atom is -0.432 e. The van der Waals surface area contributed by atoms with Crippen LogP contribution in [0, 0.1) is 5.92 Å². The zero-order valence-electron chi connectivity index (χ0n) is 42.7. The molecule has 386 valence electrons. The standard InChI is InChI=1S/C58H68N8O7Si/c1-41-52(74(2,3)72)50(36-51(68)61(33-34-67)37-42-13-7-4-8-14-42)73-58(41)48-35-47(64-40-66(46-17-11-6-12-18-46)57(54(64)70)27-31-60-32-28-57)23-24-49(48)62(55(58)71)38-43-19-21-44(22-20-43)63-39-65(45-15-9-5-10-16-45)56(53(63)69)25-29-59-30-26-56/h4-24,35,41,50,52,59-60,67,72H,25-34,36-40H2,1-3H3/t41-,50+,52-,58+/m0/s1. The van der Waals surface area contributed by atoms with Gasteiger partial charge < -0.3 is 44.9 Å². The van der Waals surface area contributed by atoms with Gasteiger partial charge in [0.15, 0.2) is 13.9 Å². The molecule has 0 aromatic heterocycles. The number of amides is 4. The number of carbonyl (C=O) groups excluding carboxylic acids is 4. The first-order chi connectivity index (χ1) is 35.8. The normalized spacial score (nSPS) is 24.3. The van der Waals surface area contributed by atoms with Crippen LogP contribution >= 0.6 is 0 Å². The highest BCUT2D eigenvalue weighted by atomic mass is 28.4. The summed E-state index contributed by atoms with van der Waals surface area (Å²) in [6.07, 6.45) is 1.73. The molecule has 0 radical (unpaired) electrons. The van der Waals surface area contributed by atoms with Crippen LogP contribution in [0.5, 0.6) is 0 Å². The van der Waals surface area contributed by atoms with Gasteiger partial charge in [-0.2, -0.15) is 0 Å². The highest BCUT2D eigenvalue weighted by molar-refractivity contribution is 6.71. The summed E-state index contributed by atoms with van der Waals surface area (Å²) < 4.78 is 7.26. The van der Waals surface area contributed by atoms with E-state index >= 15 is 9.59 Å². The lowest BCUT2D eigenvalue weighted by molar-refractivity contribution is -0.150. The number of hydrogen-bond acceptors (Lipinski definition) is 11. The molecule has 5 aromatic rings. The lowest BCUT2D eigenvalue weighted by Gasteiger charge is -2.39. The summed E-state index contributed by atoms with van der Waals surface area (Å²) in [6.45, 7) is 9.64. The Balaban J connectivity index is 0.951.